The van der Waals surface area contributed by atoms with Gasteiger partial charge in [0.05, 0.1) is 13.2 Å². The van der Waals surface area contributed by atoms with Crippen LogP contribution in [0.1, 0.15) is 20.3 Å². The lowest BCUT2D eigenvalue weighted by molar-refractivity contribution is -0.137. The van der Waals surface area contributed by atoms with Crippen LogP contribution in [0.4, 0.5) is 0 Å². The highest BCUT2D eigenvalue weighted by Crippen LogP contribution is 2.03. The van der Waals surface area contributed by atoms with Gasteiger partial charge < -0.3 is 40.9 Å². The Kier molecular flexibility index (Phi) is 17.8. The Morgan fingerprint density at radius 2 is 1.05 bits per heavy atom. The highest BCUT2D eigenvalue weighted by molar-refractivity contribution is 5.66. The van der Waals surface area contributed by atoms with E-state index in [0.29, 0.717) is 0 Å². The van der Waals surface area contributed by atoms with E-state index in [1.165, 1.54) is 0 Å². The third kappa shape index (κ3) is 18.7. The second-order valence-electron chi connectivity index (χ2n) is 3.75. The number of aliphatic hydroxyl groups excluding tert-OH is 6. The number of carboxylic acids is 2. The lowest BCUT2D eigenvalue weighted by atomic mass is 10.0. The van der Waals surface area contributed by atoms with Crippen LogP contribution in [0.5, 0.6) is 0 Å². The van der Waals surface area contributed by atoms with Crippen molar-refractivity contribution in [3.8, 4) is 0 Å². The van der Waals surface area contributed by atoms with E-state index in [-0.39, 0.29) is 6.42 Å². The normalized spacial score (nSPS) is 15.2. The summed E-state index contributed by atoms with van der Waals surface area (Å²) in [4.78, 5) is 18.4. The molecule has 8 N–H and O–H groups in total. The molecule has 0 heterocycles. The Bertz CT molecular complexity index is 252. The molecule has 10 heteroatoms. The molecule has 0 aromatic carbocycles. The molecule has 0 aliphatic rings. The van der Waals surface area contributed by atoms with Gasteiger partial charge in [0, 0.05) is 13.3 Å². The number of rotatable bonds is 6. The van der Waals surface area contributed by atoms with Crippen molar-refractivity contribution in [1.29, 1.82) is 0 Å². The van der Waals surface area contributed by atoms with Crippen LogP contribution in [-0.4, -0.2) is 90.4 Å². The summed E-state index contributed by atoms with van der Waals surface area (Å²) in [7, 11) is 0. The number of hydrogen-bond donors (Lipinski definition) is 8. The van der Waals surface area contributed by atoms with E-state index in [1.807, 2.05) is 0 Å². The van der Waals surface area contributed by atoms with E-state index >= 15 is 0 Å². The minimum absolute atomic E-state index is 0.222. The number of hydrogen-bond acceptors (Lipinski definition) is 8. The first kappa shape index (κ1) is 24.7. The van der Waals surface area contributed by atoms with Gasteiger partial charge in [-0.15, -0.1) is 0 Å². The van der Waals surface area contributed by atoms with Crippen molar-refractivity contribution in [3.05, 3.63) is 0 Å². The van der Waals surface area contributed by atoms with E-state index in [9.17, 15) is 4.79 Å². The summed E-state index contributed by atoms with van der Waals surface area (Å²) in [5.74, 6) is -1.58. The first-order valence-electron chi connectivity index (χ1n) is 5.90. The van der Waals surface area contributed by atoms with Crippen molar-refractivity contribution in [1.82, 2.24) is 0 Å². The molecular formula is C11H24O10. The Morgan fingerprint density at radius 1 is 0.857 bits per heavy atom. The predicted molar refractivity (Wildman–Crippen MR) is 69.4 cm³/mol. The maximum absolute atomic E-state index is 9.37. The fraction of sp³-hybridized carbons (Fsp3) is 0.818. The van der Waals surface area contributed by atoms with Gasteiger partial charge in [0.2, 0.25) is 0 Å². The largest absolute Gasteiger partial charge is 0.481 e. The quantitative estimate of drug-likeness (QED) is 0.250. The summed E-state index contributed by atoms with van der Waals surface area (Å²) in [6.07, 6.45) is -6.17. The number of carboxylic acid groups (broad SMARTS) is 2. The standard InChI is InChI=1S/C6H14O6.C3H6O2.C2H4O2/c7-1-3(9)5(11)6(12)4(10)2-8;1-2-3(4)5;1-2(3)4/h3-12H,1-2H2;2H2,1H3,(H,4,5);1H3,(H,3,4). The van der Waals surface area contributed by atoms with Crippen LogP contribution >= 0.6 is 0 Å². The van der Waals surface area contributed by atoms with Gasteiger partial charge in [-0.1, -0.05) is 6.92 Å². The summed E-state index contributed by atoms with van der Waals surface area (Å²) >= 11 is 0. The molecule has 0 radical (unpaired) electrons. The Balaban J connectivity index is -0.000000297. The van der Waals surface area contributed by atoms with Gasteiger partial charge in [-0.3, -0.25) is 9.59 Å². The second-order valence-corrected chi connectivity index (χ2v) is 3.75. The third-order valence-corrected chi connectivity index (χ3v) is 1.81. The lowest BCUT2D eigenvalue weighted by Gasteiger charge is -2.24. The molecule has 0 fully saturated rings. The van der Waals surface area contributed by atoms with Crippen molar-refractivity contribution >= 4 is 11.9 Å². The first-order valence-corrected chi connectivity index (χ1v) is 5.90. The van der Waals surface area contributed by atoms with E-state index in [2.05, 4.69) is 0 Å². The molecule has 10 nitrogen and oxygen atoms in total. The first-order chi connectivity index (χ1) is 9.54. The summed E-state index contributed by atoms with van der Waals surface area (Å²) < 4.78 is 0. The highest BCUT2D eigenvalue weighted by Gasteiger charge is 2.29. The SMILES string of the molecule is CC(=O)O.CCC(=O)O.OCC(O)C(O)C(O)C(O)CO. The summed E-state index contributed by atoms with van der Waals surface area (Å²) in [6.45, 7) is 1.23. The minimum Gasteiger partial charge on any atom is -0.481 e. The van der Waals surface area contributed by atoms with Crippen molar-refractivity contribution in [3.63, 3.8) is 0 Å². The van der Waals surface area contributed by atoms with Crippen LogP contribution in [0.15, 0.2) is 0 Å². The molecule has 0 bridgehead atoms. The second kappa shape index (κ2) is 15.1. The highest BCUT2D eigenvalue weighted by atomic mass is 16.4. The lowest BCUT2D eigenvalue weighted by Crippen LogP contribution is -2.46. The monoisotopic (exact) mass is 316 g/mol. The Labute approximate surface area is 121 Å². The maximum Gasteiger partial charge on any atom is 0.303 e. The maximum atomic E-state index is 9.37. The fourth-order valence-corrected chi connectivity index (χ4v) is 0.671. The molecule has 4 unspecified atom stereocenters. The Hall–Kier alpha value is -1.30. The van der Waals surface area contributed by atoms with Gasteiger partial charge in [-0.25, -0.2) is 0 Å². The van der Waals surface area contributed by atoms with Crippen LogP contribution in [-0.2, 0) is 9.59 Å². The molecule has 0 rings (SSSR count). The third-order valence-electron chi connectivity index (χ3n) is 1.81. The average molecular weight is 316 g/mol. The van der Waals surface area contributed by atoms with Crippen molar-refractivity contribution in [2.24, 2.45) is 0 Å². The zero-order valence-corrected chi connectivity index (χ0v) is 11.8. The summed E-state index contributed by atoms with van der Waals surface area (Å²) in [5, 5.41) is 67.3. The molecule has 0 spiro atoms. The van der Waals surface area contributed by atoms with Gasteiger partial charge in [0.25, 0.3) is 5.97 Å². The number of aliphatic hydroxyl groups is 6. The summed E-state index contributed by atoms with van der Waals surface area (Å²) in [6, 6.07) is 0. The van der Waals surface area contributed by atoms with Crippen molar-refractivity contribution < 1.29 is 50.4 Å². The van der Waals surface area contributed by atoms with E-state index in [4.69, 9.17) is 45.6 Å². The molecule has 4 atom stereocenters. The van der Waals surface area contributed by atoms with Crippen LogP contribution < -0.4 is 0 Å². The van der Waals surface area contributed by atoms with Crippen LogP contribution in [0.25, 0.3) is 0 Å². The van der Waals surface area contributed by atoms with E-state index < -0.39 is 49.6 Å². The number of carbonyl (C=O) groups is 2. The molecule has 0 aromatic heterocycles. The molecular weight excluding hydrogens is 292 g/mol. The van der Waals surface area contributed by atoms with Crippen molar-refractivity contribution in [2.45, 2.75) is 44.7 Å². The molecule has 0 saturated carbocycles. The van der Waals surface area contributed by atoms with Crippen LogP contribution in [0.3, 0.4) is 0 Å². The summed E-state index contributed by atoms with van der Waals surface area (Å²) in [5.41, 5.74) is 0. The topological polar surface area (TPSA) is 196 Å². The van der Waals surface area contributed by atoms with Gasteiger partial charge in [0.15, 0.2) is 0 Å². The molecule has 0 aliphatic heterocycles. The Morgan fingerprint density at radius 3 is 1.14 bits per heavy atom. The molecule has 21 heavy (non-hydrogen) atoms. The van der Waals surface area contributed by atoms with E-state index in [0.717, 1.165) is 6.92 Å². The van der Waals surface area contributed by atoms with Gasteiger partial charge in [-0.2, -0.15) is 0 Å². The smallest absolute Gasteiger partial charge is 0.303 e. The van der Waals surface area contributed by atoms with Crippen LogP contribution in [0, 0.1) is 0 Å². The molecule has 0 aliphatic carbocycles. The van der Waals surface area contributed by atoms with Crippen LogP contribution in [0.2, 0.25) is 0 Å². The van der Waals surface area contributed by atoms with Crippen molar-refractivity contribution in [2.75, 3.05) is 13.2 Å². The zero-order valence-electron chi connectivity index (χ0n) is 11.8. The molecule has 0 amide bonds. The zero-order chi connectivity index (χ0) is 17.6. The molecule has 0 saturated heterocycles. The van der Waals surface area contributed by atoms with E-state index in [1.54, 1.807) is 6.92 Å². The van der Waals surface area contributed by atoms with Gasteiger partial charge in [-0.05, 0) is 0 Å². The molecule has 128 valence electrons. The number of aliphatic carboxylic acids is 2. The fourth-order valence-electron chi connectivity index (χ4n) is 0.671. The molecule has 0 aromatic rings. The van der Waals surface area contributed by atoms with Gasteiger partial charge in [0.1, 0.15) is 24.4 Å². The predicted octanol–water partition coefficient (Wildman–Crippen LogP) is -3.01. The minimum atomic E-state index is -1.67. The van der Waals surface area contributed by atoms with Gasteiger partial charge >= 0.3 is 5.97 Å². The average Bonchev–Trinajstić information content (AvgIpc) is 2.43.